The number of aromatic nitrogens is 4. The number of methoxy groups -OCH3 is 1. The Hall–Kier alpha value is -3.86. The zero-order valence-corrected chi connectivity index (χ0v) is 20.4. The summed E-state index contributed by atoms with van der Waals surface area (Å²) >= 11 is 0. The minimum Gasteiger partial charge on any atom is -0.496 e. The summed E-state index contributed by atoms with van der Waals surface area (Å²) in [5.74, 6) is 3.90. The smallest absolute Gasteiger partial charge is 0.226 e. The van der Waals surface area contributed by atoms with E-state index in [9.17, 15) is 4.79 Å². The summed E-state index contributed by atoms with van der Waals surface area (Å²) < 4.78 is 7.70. The molecule has 3 aromatic rings. The third-order valence-corrected chi connectivity index (χ3v) is 7.40. The Morgan fingerprint density at radius 1 is 1.29 bits per heavy atom. The molecule has 8 nitrogen and oxygen atoms in total. The van der Waals surface area contributed by atoms with Crippen LogP contribution >= 0.6 is 0 Å². The number of nitrogen functional groups attached to an aromatic ring is 1. The van der Waals surface area contributed by atoms with Gasteiger partial charge in [0.05, 0.1) is 23.8 Å². The fraction of sp³-hybridized carbons (Fsp3) is 0.407. The molecule has 1 saturated heterocycles. The van der Waals surface area contributed by atoms with Crippen molar-refractivity contribution < 1.29 is 9.53 Å². The summed E-state index contributed by atoms with van der Waals surface area (Å²) in [4.78, 5) is 28.5. The van der Waals surface area contributed by atoms with Crippen molar-refractivity contribution in [2.75, 3.05) is 19.4 Å². The van der Waals surface area contributed by atoms with E-state index in [1.165, 1.54) is 6.33 Å². The van der Waals surface area contributed by atoms with Gasteiger partial charge in [-0.1, -0.05) is 12.0 Å². The van der Waals surface area contributed by atoms with E-state index in [1.807, 2.05) is 11.6 Å². The highest BCUT2D eigenvalue weighted by Crippen LogP contribution is 2.45. The zero-order chi connectivity index (χ0) is 24.7. The highest BCUT2D eigenvalue weighted by Gasteiger charge is 2.33. The van der Waals surface area contributed by atoms with Crippen LogP contribution < -0.4 is 10.5 Å². The number of carbonyl (C=O) groups excluding carboxylic acids is 1. The number of allylic oxidation sites excluding steroid dienone is 2. The molecule has 1 amide bonds. The number of nitrogens with two attached hydrogens (primary N) is 1. The zero-order valence-electron chi connectivity index (χ0n) is 20.4. The van der Waals surface area contributed by atoms with Gasteiger partial charge in [0.1, 0.15) is 29.2 Å². The van der Waals surface area contributed by atoms with Crippen molar-refractivity contribution in [3.63, 3.8) is 0 Å². The average molecular weight is 471 g/mol. The molecule has 8 heteroatoms. The average Bonchev–Trinajstić information content (AvgIpc) is 3.44. The molecule has 0 aromatic carbocycles. The summed E-state index contributed by atoms with van der Waals surface area (Å²) in [5, 5.41) is 0.803. The molecule has 35 heavy (non-hydrogen) atoms. The third kappa shape index (κ3) is 3.81. The van der Waals surface area contributed by atoms with Crippen LogP contribution in [0.25, 0.3) is 27.9 Å². The predicted molar refractivity (Wildman–Crippen MR) is 136 cm³/mol. The second kappa shape index (κ2) is 9.06. The van der Waals surface area contributed by atoms with Gasteiger partial charge >= 0.3 is 0 Å². The lowest BCUT2D eigenvalue weighted by molar-refractivity contribution is -0.136. The van der Waals surface area contributed by atoms with Gasteiger partial charge in [0.25, 0.3) is 0 Å². The van der Waals surface area contributed by atoms with Gasteiger partial charge in [-0.05, 0) is 44.6 Å². The van der Waals surface area contributed by atoms with Crippen molar-refractivity contribution in [2.45, 2.75) is 45.1 Å². The van der Waals surface area contributed by atoms with Crippen LogP contribution in [0.15, 0.2) is 24.7 Å². The van der Waals surface area contributed by atoms with E-state index in [4.69, 9.17) is 16.9 Å². The fourth-order valence-electron chi connectivity index (χ4n) is 5.55. The van der Waals surface area contributed by atoms with E-state index in [-0.39, 0.29) is 11.8 Å². The number of amides is 1. The molecule has 0 saturated carbocycles. The topological polar surface area (TPSA) is 99.2 Å². The molecule has 2 N–H and O–H groups in total. The monoisotopic (exact) mass is 470 g/mol. The number of hydrogen-bond acceptors (Lipinski definition) is 6. The van der Waals surface area contributed by atoms with Crippen LogP contribution in [-0.4, -0.2) is 50.0 Å². The first kappa shape index (κ1) is 22.9. The predicted octanol–water partition coefficient (Wildman–Crippen LogP) is 3.80. The number of anilines is 1. The molecular formula is C27H30N6O2. The van der Waals surface area contributed by atoms with Gasteiger partial charge in [-0.3, -0.25) is 4.79 Å². The van der Waals surface area contributed by atoms with Crippen molar-refractivity contribution in [1.29, 1.82) is 0 Å². The van der Waals surface area contributed by atoms with E-state index in [2.05, 4.69) is 38.8 Å². The molecule has 0 bridgehead atoms. The van der Waals surface area contributed by atoms with Gasteiger partial charge in [0, 0.05) is 43.4 Å². The van der Waals surface area contributed by atoms with Crippen molar-refractivity contribution in [1.82, 2.24) is 24.4 Å². The molecule has 0 radical (unpaired) electrons. The number of terminal acetylenes is 1. The van der Waals surface area contributed by atoms with Crippen LogP contribution in [0, 0.1) is 18.3 Å². The van der Waals surface area contributed by atoms with Crippen molar-refractivity contribution in [3.05, 3.63) is 35.9 Å². The first-order valence-electron chi connectivity index (χ1n) is 12.0. The maximum Gasteiger partial charge on any atom is 0.226 e. The molecule has 1 aliphatic carbocycles. The van der Waals surface area contributed by atoms with E-state index in [1.54, 1.807) is 19.4 Å². The van der Waals surface area contributed by atoms with Crippen LogP contribution in [-0.2, 0) is 11.8 Å². The number of hydrogen-bond donors (Lipinski definition) is 1. The van der Waals surface area contributed by atoms with Gasteiger partial charge in [0.2, 0.25) is 5.91 Å². The Balaban J connectivity index is 1.61. The van der Waals surface area contributed by atoms with E-state index in [0.29, 0.717) is 29.7 Å². The number of carbonyl (C=O) groups is 1. The molecule has 4 heterocycles. The Bertz CT molecular complexity index is 1380. The number of aryl methyl sites for hydroxylation is 1. The Morgan fingerprint density at radius 3 is 2.77 bits per heavy atom. The van der Waals surface area contributed by atoms with Crippen LogP contribution in [0.5, 0.6) is 5.75 Å². The van der Waals surface area contributed by atoms with Gasteiger partial charge < -0.3 is 19.9 Å². The second-order valence-corrected chi connectivity index (χ2v) is 9.38. The maximum atomic E-state index is 13.2. The van der Waals surface area contributed by atoms with Gasteiger partial charge in [-0.2, -0.15) is 0 Å². The van der Waals surface area contributed by atoms with Crippen LogP contribution in [0.4, 0.5) is 5.82 Å². The number of fused-ring (bicyclic) bond motifs is 1. The lowest BCUT2D eigenvalue weighted by atomic mass is 9.84. The molecule has 0 spiro atoms. The molecule has 180 valence electrons. The highest BCUT2D eigenvalue weighted by molar-refractivity contribution is 6.04. The molecule has 1 fully saturated rings. The van der Waals surface area contributed by atoms with Crippen LogP contribution in [0.2, 0.25) is 0 Å². The minimum absolute atomic E-state index is 0.0115. The number of pyridine rings is 1. The van der Waals surface area contributed by atoms with Gasteiger partial charge in [-0.15, -0.1) is 6.42 Å². The SMILES string of the molecule is C#Cc1cc(OC)c(-c2c(C3=CC[C@@H](C(=O)N4CCC[C@H]4C)CC3)c3c(N)ncnc3n2C)cn1. The van der Waals surface area contributed by atoms with E-state index in [0.717, 1.165) is 65.7 Å². The summed E-state index contributed by atoms with van der Waals surface area (Å²) in [6.45, 7) is 3.02. The molecule has 2 atom stereocenters. The van der Waals surface area contributed by atoms with Crippen molar-refractivity contribution in [3.8, 4) is 29.4 Å². The summed E-state index contributed by atoms with van der Waals surface area (Å²) in [6.07, 6.45) is 15.4. The van der Waals surface area contributed by atoms with Crippen molar-refractivity contribution >= 4 is 28.3 Å². The second-order valence-electron chi connectivity index (χ2n) is 9.38. The number of likely N-dealkylation sites (tertiary alicyclic amines) is 1. The lowest BCUT2D eigenvalue weighted by Crippen LogP contribution is -2.38. The molecule has 3 aromatic heterocycles. The Labute approximate surface area is 205 Å². The molecule has 5 rings (SSSR count). The maximum absolute atomic E-state index is 13.2. The van der Waals surface area contributed by atoms with E-state index < -0.39 is 0 Å². The normalized spacial score (nSPS) is 20.1. The Kier molecular flexibility index (Phi) is 5.93. The minimum atomic E-state index is 0.0115. The molecule has 2 aliphatic rings. The summed E-state index contributed by atoms with van der Waals surface area (Å²) in [5.41, 5.74) is 11.4. The number of ether oxygens (including phenoxy) is 1. The Morgan fingerprint density at radius 2 is 2.11 bits per heavy atom. The fourth-order valence-corrected chi connectivity index (χ4v) is 5.55. The van der Waals surface area contributed by atoms with Crippen LogP contribution in [0.1, 0.15) is 50.3 Å². The highest BCUT2D eigenvalue weighted by atomic mass is 16.5. The standard InChI is InChI=1S/C27H30N6O2/c1-5-19-13-21(35-4)20(14-29-19)24-22(23-25(28)30-15-31-26(23)32(24)3)17-8-10-18(11-9-17)27(34)33-12-6-7-16(33)2/h1,8,13-16,18H,6-7,9-12H2,2-4H3,(H2,28,30,31)/t16-,18-/m1/s1. The van der Waals surface area contributed by atoms with Gasteiger partial charge in [0.15, 0.2) is 0 Å². The van der Waals surface area contributed by atoms with Crippen molar-refractivity contribution in [2.24, 2.45) is 13.0 Å². The van der Waals surface area contributed by atoms with Crippen LogP contribution in [0.3, 0.4) is 0 Å². The third-order valence-electron chi connectivity index (χ3n) is 7.40. The first-order valence-corrected chi connectivity index (χ1v) is 12.0. The largest absolute Gasteiger partial charge is 0.496 e. The molecule has 1 aliphatic heterocycles. The molecular weight excluding hydrogens is 440 g/mol. The lowest BCUT2D eigenvalue weighted by Gasteiger charge is -2.29. The number of nitrogens with zero attached hydrogens (tertiary/aromatic N) is 5. The van der Waals surface area contributed by atoms with E-state index >= 15 is 0 Å². The van der Waals surface area contributed by atoms with Gasteiger partial charge in [-0.25, -0.2) is 15.0 Å². The summed E-state index contributed by atoms with van der Waals surface area (Å²) in [7, 11) is 3.57. The molecule has 0 unspecified atom stereocenters. The number of rotatable bonds is 4. The first-order chi connectivity index (χ1) is 16.9. The quantitative estimate of drug-likeness (QED) is 0.583. The summed E-state index contributed by atoms with van der Waals surface area (Å²) in [6, 6.07) is 2.09.